The SMILES string of the molecule is Cc1cc(O)cc(O[C@@H]2O[C@H](CO)[C@@H](O)[C@H](O)[C@H]2O)c1Cc1ccc(NC(=O)NCCCn2ccnc2)cc1. The predicted octanol–water partition coefficient (Wildman–Crippen LogP) is 0.878. The van der Waals surface area contributed by atoms with Crippen LogP contribution in [-0.4, -0.2) is 85.0 Å². The number of amides is 2. The van der Waals surface area contributed by atoms with Gasteiger partial charge in [-0.25, -0.2) is 9.78 Å². The Labute approximate surface area is 225 Å². The van der Waals surface area contributed by atoms with Gasteiger partial charge < -0.3 is 50.2 Å². The normalized spacial score (nSPS) is 22.8. The summed E-state index contributed by atoms with van der Waals surface area (Å²) in [6.07, 6.45) is -0.723. The van der Waals surface area contributed by atoms with E-state index >= 15 is 0 Å². The summed E-state index contributed by atoms with van der Waals surface area (Å²) in [5, 5.41) is 55.7. The lowest BCUT2D eigenvalue weighted by molar-refractivity contribution is -0.277. The van der Waals surface area contributed by atoms with Gasteiger partial charge in [-0.2, -0.15) is 0 Å². The topological polar surface area (TPSA) is 179 Å². The van der Waals surface area contributed by atoms with Crippen molar-refractivity contribution < 1.29 is 39.8 Å². The number of phenolic OH excluding ortho intramolecular Hbond substituents is 1. The Kier molecular flexibility index (Phi) is 9.38. The molecule has 2 amide bonds. The number of aromatic hydroxyl groups is 1. The van der Waals surface area contributed by atoms with Crippen LogP contribution in [0.2, 0.25) is 0 Å². The Morgan fingerprint density at radius 1 is 1.13 bits per heavy atom. The number of aromatic nitrogens is 2. The van der Waals surface area contributed by atoms with Gasteiger partial charge >= 0.3 is 6.03 Å². The van der Waals surface area contributed by atoms with E-state index in [1.54, 1.807) is 37.6 Å². The molecule has 2 heterocycles. The fourth-order valence-electron chi connectivity index (χ4n) is 4.36. The summed E-state index contributed by atoms with van der Waals surface area (Å²) in [5.41, 5.74) is 2.91. The number of aliphatic hydroxyl groups is 4. The van der Waals surface area contributed by atoms with Crippen LogP contribution in [0.3, 0.4) is 0 Å². The quantitative estimate of drug-likeness (QED) is 0.183. The summed E-state index contributed by atoms with van der Waals surface area (Å²) in [6.45, 7) is 2.48. The summed E-state index contributed by atoms with van der Waals surface area (Å²) in [7, 11) is 0. The van der Waals surface area contributed by atoms with E-state index in [1.165, 1.54) is 6.07 Å². The second kappa shape index (κ2) is 12.9. The Hall–Kier alpha value is -3.68. The van der Waals surface area contributed by atoms with Crippen molar-refractivity contribution in [1.82, 2.24) is 14.9 Å². The maximum absolute atomic E-state index is 12.2. The zero-order chi connectivity index (χ0) is 27.9. The van der Waals surface area contributed by atoms with E-state index in [4.69, 9.17) is 9.47 Å². The van der Waals surface area contributed by atoms with E-state index in [0.29, 0.717) is 29.8 Å². The largest absolute Gasteiger partial charge is 0.508 e. The van der Waals surface area contributed by atoms with Crippen LogP contribution in [0.1, 0.15) is 23.1 Å². The Morgan fingerprint density at radius 3 is 2.59 bits per heavy atom. The molecule has 210 valence electrons. The maximum atomic E-state index is 12.2. The molecule has 0 spiro atoms. The zero-order valence-electron chi connectivity index (χ0n) is 21.5. The highest BCUT2D eigenvalue weighted by Gasteiger charge is 2.45. The van der Waals surface area contributed by atoms with Crippen molar-refractivity contribution in [2.24, 2.45) is 0 Å². The lowest BCUT2D eigenvalue weighted by atomic mass is 9.98. The maximum Gasteiger partial charge on any atom is 0.319 e. The van der Waals surface area contributed by atoms with Gasteiger partial charge in [-0.1, -0.05) is 12.1 Å². The first-order valence-corrected chi connectivity index (χ1v) is 12.6. The summed E-state index contributed by atoms with van der Waals surface area (Å²) in [4.78, 5) is 16.2. The van der Waals surface area contributed by atoms with E-state index in [-0.39, 0.29) is 17.5 Å². The van der Waals surface area contributed by atoms with E-state index in [9.17, 15) is 30.3 Å². The number of rotatable bonds is 10. The molecule has 12 nitrogen and oxygen atoms in total. The molecule has 5 atom stereocenters. The van der Waals surface area contributed by atoms with Gasteiger partial charge in [-0.05, 0) is 42.7 Å². The average Bonchev–Trinajstić information content (AvgIpc) is 3.43. The molecule has 0 saturated carbocycles. The first-order chi connectivity index (χ1) is 18.7. The molecule has 12 heteroatoms. The summed E-state index contributed by atoms with van der Waals surface area (Å²) >= 11 is 0. The molecule has 3 aromatic rings. The molecule has 7 N–H and O–H groups in total. The predicted molar refractivity (Wildman–Crippen MR) is 140 cm³/mol. The highest BCUT2D eigenvalue weighted by atomic mass is 16.7. The summed E-state index contributed by atoms with van der Waals surface area (Å²) < 4.78 is 13.2. The number of ether oxygens (including phenoxy) is 2. The minimum Gasteiger partial charge on any atom is -0.508 e. The van der Waals surface area contributed by atoms with Crippen LogP contribution < -0.4 is 15.4 Å². The molecule has 4 rings (SSSR count). The molecule has 1 aromatic heterocycles. The van der Waals surface area contributed by atoms with Crippen molar-refractivity contribution in [1.29, 1.82) is 0 Å². The number of benzene rings is 2. The lowest BCUT2D eigenvalue weighted by Crippen LogP contribution is -2.60. The molecule has 0 bridgehead atoms. The third-order valence-corrected chi connectivity index (χ3v) is 6.54. The summed E-state index contributed by atoms with van der Waals surface area (Å²) in [5.74, 6) is 0.153. The molecule has 1 aliphatic heterocycles. The van der Waals surface area contributed by atoms with Crippen molar-refractivity contribution in [3.63, 3.8) is 0 Å². The van der Waals surface area contributed by atoms with Crippen LogP contribution in [0.4, 0.5) is 10.5 Å². The van der Waals surface area contributed by atoms with E-state index in [0.717, 1.165) is 18.5 Å². The summed E-state index contributed by atoms with van der Waals surface area (Å²) in [6, 6.07) is 9.87. The molecule has 0 aliphatic carbocycles. The number of nitrogens with one attached hydrogen (secondary N) is 2. The molecule has 2 aromatic carbocycles. The fourth-order valence-corrected chi connectivity index (χ4v) is 4.36. The van der Waals surface area contributed by atoms with Gasteiger partial charge in [-0.3, -0.25) is 0 Å². The number of aliphatic hydroxyl groups excluding tert-OH is 4. The van der Waals surface area contributed by atoms with Crippen LogP contribution in [0.25, 0.3) is 0 Å². The second-order valence-corrected chi connectivity index (χ2v) is 9.46. The van der Waals surface area contributed by atoms with Gasteiger partial charge in [0.1, 0.15) is 35.9 Å². The van der Waals surface area contributed by atoms with E-state index in [1.807, 2.05) is 22.9 Å². The fraction of sp³-hybridized carbons (Fsp3) is 0.407. The Morgan fingerprint density at radius 2 is 1.90 bits per heavy atom. The van der Waals surface area contributed by atoms with Gasteiger partial charge in [0.25, 0.3) is 0 Å². The van der Waals surface area contributed by atoms with Crippen LogP contribution in [-0.2, 0) is 17.7 Å². The first kappa shape index (κ1) is 28.3. The minimum atomic E-state index is -1.59. The number of phenols is 1. The van der Waals surface area contributed by atoms with Crippen molar-refractivity contribution in [3.05, 3.63) is 71.8 Å². The molecule has 39 heavy (non-hydrogen) atoms. The second-order valence-electron chi connectivity index (χ2n) is 9.46. The number of urea groups is 1. The number of hydrogen-bond acceptors (Lipinski definition) is 9. The molecule has 0 radical (unpaired) electrons. The first-order valence-electron chi connectivity index (χ1n) is 12.6. The smallest absolute Gasteiger partial charge is 0.319 e. The van der Waals surface area contributed by atoms with Gasteiger partial charge in [0.15, 0.2) is 0 Å². The molecule has 1 aliphatic rings. The number of nitrogens with zero attached hydrogens (tertiary/aromatic N) is 2. The third kappa shape index (κ3) is 7.25. The molecular weight excluding hydrogens is 508 g/mol. The van der Waals surface area contributed by atoms with Crippen LogP contribution in [0.5, 0.6) is 11.5 Å². The number of anilines is 1. The minimum absolute atomic E-state index is 0.0635. The monoisotopic (exact) mass is 542 g/mol. The van der Waals surface area contributed by atoms with Crippen molar-refractivity contribution in [2.75, 3.05) is 18.5 Å². The Bertz CT molecular complexity index is 1220. The molecule has 1 saturated heterocycles. The standard InChI is InChI=1S/C27H34N4O8/c1-16-11-19(33)13-21(38-26-25(36)24(35)23(34)22(14-32)39-26)20(16)12-17-3-5-18(6-4-17)30-27(37)29-7-2-9-31-10-8-28-15-31/h3-6,8,10-11,13,15,22-26,32-36H,2,7,9,12,14H2,1H3,(H2,29,30,37)/t22-,23-,24+,25-,26-/m1/s1. The highest BCUT2D eigenvalue weighted by molar-refractivity contribution is 5.89. The van der Waals surface area contributed by atoms with E-state index in [2.05, 4.69) is 15.6 Å². The number of carbonyl (C=O) groups is 1. The van der Waals surface area contributed by atoms with Gasteiger partial charge in [0, 0.05) is 49.2 Å². The highest BCUT2D eigenvalue weighted by Crippen LogP contribution is 2.33. The average molecular weight is 543 g/mol. The third-order valence-electron chi connectivity index (χ3n) is 6.54. The van der Waals surface area contributed by atoms with E-state index < -0.39 is 37.3 Å². The lowest BCUT2D eigenvalue weighted by Gasteiger charge is -2.39. The number of aryl methyl sites for hydroxylation is 2. The van der Waals surface area contributed by atoms with Gasteiger partial charge in [-0.15, -0.1) is 0 Å². The Balaban J connectivity index is 1.37. The van der Waals surface area contributed by atoms with Crippen molar-refractivity contribution >= 4 is 11.7 Å². The number of hydrogen-bond donors (Lipinski definition) is 7. The van der Waals surface area contributed by atoms with Gasteiger partial charge in [0.2, 0.25) is 6.29 Å². The number of imidazole rings is 1. The molecule has 0 unspecified atom stereocenters. The van der Waals surface area contributed by atoms with Gasteiger partial charge in [0.05, 0.1) is 12.9 Å². The molecular formula is C27H34N4O8. The van der Waals surface area contributed by atoms with Crippen LogP contribution in [0.15, 0.2) is 55.1 Å². The van der Waals surface area contributed by atoms with Crippen molar-refractivity contribution in [3.8, 4) is 11.5 Å². The van der Waals surface area contributed by atoms with Crippen LogP contribution in [0, 0.1) is 6.92 Å². The van der Waals surface area contributed by atoms with Crippen molar-refractivity contribution in [2.45, 2.75) is 57.0 Å². The zero-order valence-corrected chi connectivity index (χ0v) is 21.5. The number of carbonyl (C=O) groups excluding carboxylic acids is 1. The van der Waals surface area contributed by atoms with Crippen LogP contribution >= 0.6 is 0 Å². The molecule has 1 fully saturated rings.